The van der Waals surface area contributed by atoms with E-state index in [0.717, 1.165) is 18.4 Å². The molecule has 0 saturated carbocycles. The van der Waals surface area contributed by atoms with E-state index in [9.17, 15) is 0 Å². The Morgan fingerprint density at radius 2 is 2.28 bits per heavy atom. The standard InChI is InChI=1S/C15H26N2S/c1-12(2)8-16-9-14-4-6-17(10-14)13(3)15-5-7-18-11-15/h5,7,11-14,16H,4,6,8-10H2,1-3H3. The highest BCUT2D eigenvalue weighted by Crippen LogP contribution is 2.28. The molecule has 2 rings (SSSR count). The third kappa shape index (κ3) is 3.81. The first-order valence-electron chi connectivity index (χ1n) is 7.13. The van der Waals surface area contributed by atoms with Gasteiger partial charge in [-0.15, -0.1) is 0 Å². The van der Waals surface area contributed by atoms with Crippen molar-refractivity contribution in [1.82, 2.24) is 10.2 Å². The van der Waals surface area contributed by atoms with E-state index in [0.29, 0.717) is 6.04 Å². The molecule has 0 bridgehead atoms. The zero-order valence-electron chi connectivity index (χ0n) is 11.9. The minimum absolute atomic E-state index is 0.589. The lowest BCUT2D eigenvalue weighted by molar-refractivity contribution is 0.252. The molecule has 0 radical (unpaired) electrons. The van der Waals surface area contributed by atoms with Crippen molar-refractivity contribution in [1.29, 1.82) is 0 Å². The lowest BCUT2D eigenvalue weighted by Crippen LogP contribution is -2.29. The zero-order chi connectivity index (χ0) is 13.0. The molecule has 1 aliphatic rings. The number of hydrogen-bond acceptors (Lipinski definition) is 3. The number of nitrogens with one attached hydrogen (secondary N) is 1. The van der Waals surface area contributed by atoms with E-state index in [-0.39, 0.29) is 0 Å². The molecule has 1 N–H and O–H groups in total. The maximum atomic E-state index is 3.60. The second-order valence-electron chi connectivity index (χ2n) is 5.93. The van der Waals surface area contributed by atoms with Gasteiger partial charge in [0.1, 0.15) is 0 Å². The highest BCUT2D eigenvalue weighted by atomic mass is 32.1. The highest BCUT2D eigenvalue weighted by molar-refractivity contribution is 7.07. The van der Waals surface area contributed by atoms with Crippen LogP contribution < -0.4 is 5.32 Å². The summed E-state index contributed by atoms with van der Waals surface area (Å²) in [6.07, 6.45) is 1.35. The van der Waals surface area contributed by atoms with E-state index in [1.54, 1.807) is 11.3 Å². The van der Waals surface area contributed by atoms with Crippen LogP contribution in [0, 0.1) is 11.8 Å². The van der Waals surface area contributed by atoms with Crippen LogP contribution in [0.15, 0.2) is 16.8 Å². The second kappa shape index (κ2) is 6.69. The molecule has 1 fully saturated rings. The topological polar surface area (TPSA) is 15.3 Å². The molecule has 2 atom stereocenters. The Bertz CT molecular complexity index is 334. The van der Waals surface area contributed by atoms with Crippen LogP contribution in [-0.2, 0) is 0 Å². The molecule has 1 aromatic heterocycles. The van der Waals surface area contributed by atoms with Crippen molar-refractivity contribution in [2.45, 2.75) is 33.2 Å². The average molecular weight is 266 g/mol. The summed E-state index contributed by atoms with van der Waals surface area (Å²) in [6.45, 7) is 11.7. The summed E-state index contributed by atoms with van der Waals surface area (Å²) in [5, 5.41) is 8.07. The fourth-order valence-electron chi connectivity index (χ4n) is 2.68. The molecule has 102 valence electrons. The molecule has 18 heavy (non-hydrogen) atoms. The van der Waals surface area contributed by atoms with E-state index >= 15 is 0 Å². The van der Waals surface area contributed by atoms with Crippen LogP contribution in [-0.4, -0.2) is 31.1 Å². The van der Waals surface area contributed by atoms with Gasteiger partial charge in [-0.2, -0.15) is 11.3 Å². The highest BCUT2D eigenvalue weighted by Gasteiger charge is 2.26. The van der Waals surface area contributed by atoms with Gasteiger partial charge in [0, 0.05) is 12.6 Å². The van der Waals surface area contributed by atoms with Crippen molar-refractivity contribution < 1.29 is 0 Å². The van der Waals surface area contributed by atoms with Gasteiger partial charge < -0.3 is 5.32 Å². The third-order valence-electron chi connectivity index (χ3n) is 3.88. The number of hydrogen-bond donors (Lipinski definition) is 1. The van der Waals surface area contributed by atoms with Gasteiger partial charge in [0.15, 0.2) is 0 Å². The van der Waals surface area contributed by atoms with Crippen molar-refractivity contribution >= 4 is 11.3 Å². The van der Waals surface area contributed by atoms with Gasteiger partial charge >= 0.3 is 0 Å². The summed E-state index contributed by atoms with van der Waals surface area (Å²) >= 11 is 1.81. The monoisotopic (exact) mass is 266 g/mol. The minimum atomic E-state index is 0.589. The first kappa shape index (κ1) is 14.0. The zero-order valence-corrected chi connectivity index (χ0v) is 12.7. The van der Waals surface area contributed by atoms with E-state index < -0.39 is 0 Å². The van der Waals surface area contributed by atoms with Gasteiger partial charge in [0.2, 0.25) is 0 Å². The molecule has 2 unspecified atom stereocenters. The summed E-state index contributed by atoms with van der Waals surface area (Å²) in [6, 6.07) is 2.85. The number of rotatable bonds is 6. The largest absolute Gasteiger partial charge is 0.316 e. The lowest BCUT2D eigenvalue weighted by atomic mass is 10.1. The van der Waals surface area contributed by atoms with Crippen LogP contribution in [0.5, 0.6) is 0 Å². The van der Waals surface area contributed by atoms with Crippen LogP contribution in [0.25, 0.3) is 0 Å². The van der Waals surface area contributed by atoms with Crippen LogP contribution in [0.4, 0.5) is 0 Å². The van der Waals surface area contributed by atoms with E-state index in [1.807, 2.05) is 0 Å². The predicted molar refractivity (Wildman–Crippen MR) is 80.1 cm³/mol. The van der Waals surface area contributed by atoms with Crippen molar-refractivity contribution in [2.75, 3.05) is 26.2 Å². The van der Waals surface area contributed by atoms with Crippen LogP contribution in [0.3, 0.4) is 0 Å². The van der Waals surface area contributed by atoms with Crippen molar-refractivity contribution in [3.63, 3.8) is 0 Å². The number of likely N-dealkylation sites (tertiary alicyclic amines) is 1. The van der Waals surface area contributed by atoms with E-state index in [1.165, 1.54) is 31.6 Å². The van der Waals surface area contributed by atoms with Gasteiger partial charge in [-0.3, -0.25) is 4.90 Å². The Hall–Kier alpha value is -0.380. The minimum Gasteiger partial charge on any atom is -0.316 e. The lowest BCUT2D eigenvalue weighted by Gasteiger charge is -2.23. The van der Waals surface area contributed by atoms with Gasteiger partial charge in [0.25, 0.3) is 0 Å². The SMILES string of the molecule is CC(C)CNCC1CCN(C(C)c2ccsc2)C1. The van der Waals surface area contributed by atoms with Crippen LogP contribution >= 0.6 is 11.3 Å². The van der Waals surface area contributed by atoms with Crippen molar-refractivity contribution in [3.05, 3.63) is 22.4 Å². The first-order valence-corrected chi connectivity index (χ1v) is 8.08. The molecule has 2 nitrogen and oxygen atoms in total. The molecule has 2 heterocycles. The molecular formula is C15H26N2S. The fraction of sp³-hybridized carbons (Fsp3) is 0.733. The quantitative estimate of drug-likeness (QED) is 0.849. The van der Waals surface area contributed by atoms with Crippen LogP contribution in [0.2, 0.25) is 0 Å². The molecule has 1 aromatic rings. The maximum Gasteiger partial charge on any atom is 0.0328 e. The molecule has 1 saturated heterocycles. The molecular weight excluding hydrogens is 240 g/mol. The summed E-state index contributed by atoms with van der Waals surface area (Å²) in [5.74, 6) is 1.59. The van der Waals surface area contributed by atoms with Gasteiger partial charge in [-0.25, -0.2) is 0 Å². The summed E-state index contributed by atoms with van der Waals surface area (Å²) in [5.41, 5.74) is 1.48. The fourth-order valence-corrected chi connectivity index (χ4v) is 3.43. The van der Waals surface area contributed by atoms with Gasteiger partial charge in [-0.1, -0.05) is 13.8 Å². The van der Waals surface area contributed by atoms with Crippen molar-refractivity contribution in [2.24, 2.45) is 11.8 Å². The number of thiophene rings is 1. The second-order valence-corrected chi connectivity index (χ2v) is 6.71. The van der Waals surface area contributed by atoms with Gasteiger partial charge in [0.05, 0.1) is 0 Å². The number of nitrogens with zero attached hydrogens (tertiary/aromatic N) is 1. The molecule has 0 spiro atoms. The Morgan fingerprint density at radius 3 is 2.94 bits per heavy atom. The van der Waals surface area contributed by atoms with E-state index in [2.05, 4.69) is 47.8 Å². The third-order valence-corrected chi connectivity index (χ3v) is 4.58. The van der Waals surface area contributed by atoms with Crippen molar-refractivity contribution in [3.8, 4) is 0 Å². The maximum absolute atomic E-state index is 3.60. The summed E-state index contributed by atoms with van der Waals surface area (Å²) < 4.78 is 0. The Morgan fingerprint density at radius 1 is 1.44 bits per heavy atom. The van der Waals surface area contributed by atoms with Crippen LogP contribution in [0.1, 0.15) is 38.8 Å². The Kier molecular flexibility index (Phi) is 5.22. The normalized spacial score (nSPS) is 22.8. The smallest absolute Gasteiger partial charge is 0.0328 e. The predicted octanol–water partition coefficient (Wildman–Crippen LogP) is 3.38. The molecule has 1 aliphatic heterocycles. The Labute approximate surface area is 115 Å². The van der Waals surface area contributed by atoms with Gasteiger partial charge in [-0.05, 0) is 67.2 Å². The first-order chi connectivity index (χ1) is 8.66. The molecule has 0 amide bonds. The molecule has 3 heteroatoms. The summed E-state index contributed by atoms with van der Waals surface area (Å²) in [4.78, 5) is 2.63. The molecule has 0 aromatic carbocycles. The summed E-state index contributed by atoms with van der Waals surface area (Å²) in [7, 11) is 0. The average Bonchev–Trinajstić information content (AvgIpc) is 2.99. The van der Waals surface area contributed by atoms with E-state index in [4.69, 9.17) is 0 Å². The molecule has 0 aliphatic carbocycles. The Balaban J connectivity index is 1.74.